The summed E-state index contributed by atoms with van der Waals surface area (Å²) in [5.41, 5.74) is 2.92. The summed E-state index contributed by atoms with van der Waals surface area (Å²) in [6.45, 7) is 3.84. The van der Waals surface area contributed by atoms with Crippen LogP contribution in [0.25, 0.3) is 0 Å². The minimum Gasteiger partial charge on any atom is -0.448 e. The summed E-state index contributed by atoms with van der Waals surface area (Å²) >= 11 is 1.48. The number of carbonyl (C=O) groups excluding carboxylic acids is 3. The van der Waals surface area contributed by atoms with Crippen molar-refractivity contribution >= 4 is 29.5 Å². The smallest absolute Gasteiger partial charge is 0.356 e. The number of hydrogen-bond acceptors (Lipinski definition) is 5. The lowest BCUT2D eigenvalue weighted by molar-refractivity contribution is -0.153. The summed E-state index contributed by atoms with van der Waals surface area (Å²) in [7, 11) is 0. The van der Waals surface area contributed by atoms with Gasteiger partial charge in [-0.05, 0) is 28.8 Å². The molecule has 5 rings (SSSR count). The van der Waals surface area contributed by atoms with Crippen LogP contribution in [0.3, 0.4) is 0 Å². The molecule has 6 nitrogen and oxygen atoms in total. The van der Waals surface area contributed by atoms with E-state index in [0.717, 1.165) is 11.1 Å². The van der Waals surface area contributed by atoms with E-state index in [0.29, 0.717) is 16.9 Å². The van der Waals surface area contributed by atoms with Crippen LogP contribution in [-0.4, -0.2) is 39.9 Å². The van der Waals surface area contributed by atoms with Gasteiger partial charge in [0.25, 0.3) is 11.8 Å². The lowest BCUT2D eigenvalue weighted by Crippen LogP contribution is -2.70. The number of nitrogens with one attached hydrogen (secondary N) is 1. The Bertz CT molecular complexity index is 1290. The number of rotatable bonds is 7. The average molecular weight is 497 g/mol. The van der Waals surface area contributed by atoms with Gasteiger partial charge in [0, 0.05) is 11.3 Å². The molecule has 36 heavy (non-hydrogen) atoms. The van der Waals surface area contributed by atoms with Gasteiger partial charge in [0.2, 0.25) is 0 Å². The number of fused-ring (bicyclic) bond motifs is 1. The number of amides is 2. The normalized spacial score (nSPS) is 18.8. The maximum absolute atomic E-state index is 13.6. The molecule has 2 atom stereocenters. The van der Waals surface area contributed by atoms with Crippen LogP contribution < -0.4 is 5.32 Å². The van der Waals surface area contributed by atoms with E-state index in [1.54, 1.807) is 30.3 Å². The highest BCUT2D eigenvalue weighted by atomic mass is 32.2. The summed E-state index contributed by atoms with van der Waals surface area (Å²) in [6.07, 6.45) is 0.944. The van der Waals surface area contributed by atoms with E-state index in [1.165, 1.54) is 16.7 Å². The largest absolute Gasteiger partial charge is 0.448 e. The quantitative estimate of drug-likeness (QED) is 0.386. The SMILES string of the molecule is C=CC1=C(C(=O)OC(c2ccccc2)c2ccccc2)N2C(=O)C(NC(=O)c3ccccc3)C2SC1. The van der Waals surface area contributed by atoms with Gasteiger partial charge in [-0.25, -0.2) is 4.79 Å². The van der Waals surface area contributed by atoms with Crippen LogP contribution >= 0.6 is 11.8 Å². The van der Waals surface area contributed by atoms with E-state index in [1.807, 2.05) is 66.7 Å². The number of carbonyl (C=O) groups is 3. The molecule has 0 aliphatic carbocycles. The van der Waals surface area contributed by atoms with Crippen molar-refractivity contribution < 1.29 is 19.1 Å². The molecule has 1 N–H and O–H groups in total. The molecule has 2 heterocycles. The summed E-state index contributed by atoms with van der Waals surface area (Å²) in [4.78, 5) is 40.9. The molecule has 7 heteroatoms. The number of esters is 1. The molecular formula is C29H24N2O4S. The number of β-lactam (4-membered cyclic amide) rings is 1. The number of benzene rings is 3. The van der Waals surface area contributed by atoms with Gasteiger partial charge in [0.05, 0.1) is 0 Å². The molecule has 3 aromatic rings. The maximum Gasteiger partial charge on any atom is 0.356 e. The zero-order valence-corrected chi connectivity index (χ0v) is 20.2. The Morgan fingerprint density at radius 1 is 0.944 bits per heavy atom. The second-order valence-corrected chi connectivity index (χ2v) is 9.52. The number of ether oxygens (including phenoxy) is 1. The molecule has 1 fully saturated rings. The van der Waals surface area contributed by atoms with Gasteiger partial charge < -0.3 is 10.1 Å². The third-order valence-electron chi connectivity index (χ3n) is 6.19. The molecule has 2 aliphatic rings. The van der Waals surface area contributed by atoms with Crippen molar-refractivity contribution in [2.45, 2.75) is 17.5 Å². The fourth-order valence-electron chi connectivity index (χ4n) is 4.35. The highest BCUT2D eigenvalue weighted by molar-refractivity contribution is 8.00. The van der Waals surface area contributed by atoms with Crippen molar-refractivity contribution in [2.75, 3.05) is 5.75 Å². The van der Waals surface area contributed by atoms with Gasteiger partial charge in [-0.1, -0.05) is 91.5 Å². The lowest BCUT2D eigenvalue weighted by Gasteiger charge is -2.49. The minimum absolute atomic E-state index is 0.181. The standard InChI is InChI=1S/C29H24N2O4S/c1-2-19-18-36-28-23(30-26(32)22-16-10-5-11-17-22)27(33)31(28)24(19)29(34)35-25(20-12-6-3-7-13-20)21-14-8-4-9-15-21/h2-17,23,25,28H,1,18H2,(H,30,32). The molecule has 2 unspecified atom stereocenters. The van der Waals surface area contributed by atoms with Crippen molar-refractivity contribution in [1.82, 2.24) is 10.2 Å². The lowest BCUT2D eigenvalue weighted by atomic mass is 10.0. The Morgan fingerprint density at radius 3 is 2.06 bits per heavy atom. The Labute approximate surface area is 213 Å². The Balaban J connectivity index is 1.39. The Kier molecular flexibility index (Phi) is 6.73. The third-order valence-corrected chi connectivity index (χ3v) is 7.49. The molecule has 2 amide bonds. The predicted octanol–water partition coefficient (Wildman–Crippen LogP) is 4.47. The molecule has 0 spiro atoms. The van der Waals surface area contributed by atoms with E-state index in [9.17, 15) is 14.4 Å². The van der Waals surface area contributed by atoms with E-state index in [4.69, 9.17) is 4.74 Å². The van der Waals surface area contributed by atoms with Gasteiger partial charge in [0.15, 0.2) is 6.10 Å². The first-order valence-electron chi connectivity index (χ1n) is 11.6. The van der Waals surface area contributed by atoms with Crippen molar-refractivity contribution in [2.24, 2.45) is 0 Å². The average Bonchev–Trinajstić information content (AvgIpc) is 2.94. The first-order valence-corrected chi connectivity index (χ1v) is 12.6. The van der Waals surface area contributed by atoms with Gasteiger partial charge in [-0.15, -0.1) is 11.8 Å². The number of thioether (sulfide) groups is 1. The molecule has 1 saturated heterocycles. The summed E-state index contributed by atoms with van der Waals surface area (Å²) in [5.74, 6) is -0.806. The summed E-state index contributed by atoms with van der Waals surface area (Å²) in [6, 6.07) is 27.0. The van der Waals surface area contributed by atoms with Gasteiger partial charge in [-0.3, -0.25) is 14.5 Å². The highest BCUT2D eigenvalue weighted by Gasteiger charge is 2.54. The molecule has 180 valence electrons. The molecular weight excluding hydrogens is 472 g/mol. The first-order chi connectivity index (χ1) is 17.6. The second kappa shape index (κ2) is 10.3. The zero-order chi connectivity index (χ0) is 25.1. The molecule has 0 bridgehead atoms. The van der Waals surface area contributed by atoms with Gasteiger partial charge >= 0.3 is 5.97 Å². The first kappa shape index (κ1) is 23.6. The molecule has 0 radical (unpaired) electrons. The minimum atomic E-state index is -0.726. The van der Waals surface area contributed by atoms with Gasteiger partial charge in [0.1, 0.15) is 17.1 Å². The zero-order valence-electron chi connectivity index (χ0n) is 19.4. The highest BCUT2D eigenvalue weighted by Crippen LogP contribution is 2.42. The van der Waals surface area contributed by atoms with Crippen molar-refractivity contribution in [3.63, 3.8) is 0 Å². The van der Waals surface area contributed by atoms with Crippen LogP contribution in [0.1, 0.15) is 27.6 Å². The predicted molar refractivity (Wildman–Crippen MR) is 139 cm³/mol. The van der Waals surface area contributed by atoms with Crippen LogP contribution in [0.4, 0.5) is 0 Å². The van der Waals surface area contributed by atoms with Crippen LogP contribution in [0, 0.1) is 0 Å². The molecule has 0 saturated carbocycles. The number of allylic oxidation sites excluding steroid dienone is 1. The molecule has 3 aromatic carbocycles. The topological polar surface area (TPSA) is 75.7 Å². The van der Waals surface area contributed by atoms with Crippen LogP contribution in [0.5, 0.6) is 0 Å². The van der Waals surface area contributed by atoms with Crippen molar-refractivity contribution in [3.8, 4) is 0 Å². The maximum atomic E-state index is 13.6. The Morgan fingerprint density at radius 2 is 1.50 bits per heavy atom. The third kappa shape index (κ3) is 4.45. The van der Waals surface area contributed by atoms with Crippen LogP contribution in [-0.2, 0) is 14.3 Å². The summed E-state index contributed by atoms with van der Waals surface area (Å²) in [5, 5.41) is 2.42. The second-order valence-electron chi connectivity index (χ2n) is 8.41. The molecule has 2 aliphatic heterocycles. The fraction of sp³-hybridized carbons (Fsp3) is 0.138. The number of hydrogen-bond donors (Lipinski definition) is 1. The van der Waals surface area contributed by atoms with Crippen LogP contribution in [0.15, 0.2) is 115 Å². The van der Waals surface area contributed by atoms with Gasteiger partial charge in [-0.2, -0.15) is 0 Å². The monoisotopic (exact) mass is 496 g/mol. The van der Waals surface area contributed by atoms with E-state index in [-0.39, 0.29) is 17.5 Å². The molecule has 0 aromatic heterocycles. The number of nitrogens with zero attached hydrogens (tertiary/aromatic N) is 1. The fourth-order valence-corrected chi connectivity index (χ4v) is 5.69. The van der Waals surface area contributed by atoms with E-state index >= 15 is 0 Å². The summed E-state index contributed by atoms with van der Waals surface area (Å²) < 4.78 is 6.05. The van der Waals surface area contributed by atoms with E-state index in [2.05, 4.69) is 11.9 Å². The van der Waals surface area contributed by atoms with Crippen molar-refractivity contribution in [3.05, 3.63) is 132 Å². The van der Waals surface area contributed by atoms with Crippen molar-refractivity contribution in [1.29, 1.82) is 0 Å². The Hall–Kier alpha value is -4.10. The van der Waals surface area contributed by atoms with Crippen LogP contribution in [0.2, 0.25) is 0 Å². The van der Waals surface area contributed by atoms with E-state index < -0.39 is 23.5 Å².